The Morgan fingerprint density at radius 2 is 1.71 bits per heavy atom. The van der Waals surface area contributed by atoms with Crippen LogP contribution >= 0.6 is 11.8 Å². The summed E-state index contributed by atoms with van der Waals surface area (Å²) in [6, 6.07) is 15.5. The lowest BCUT2D eigenvalue weighted by Gasteiger charge is -2.24. The molecule has 0 saturated carbocycles. The Balaban J connectivity index is 1.41. The number of fused-ring (bicyclic) bond motifs is 3. The van der Waals surface area contributed by atoms with Gasteiger partial charge in [0, 0.05) is 19.0 Å². The van der Waals surface area contributed by atoms with Crippen LogP contribution in [-0.2, 0) is 14.3 Å². The van der Waals surface area contributed by atoms with Gasteiger partial charge in [-0.2, -0.15) is 11.8 Å². The van der Waals surface area contributed by atoms with Gasteiger partial charge < -0.3 is 20.1 Å². The fourth-order valence-corrected chi connectivity index (χ4v) is 5.44. The van der Waals surface area contributed by atoms with E-state index in [1.54, 1.807) is 16.7 Å². The number of benzene rings is 2. The molecule has 2 aromatic rings. The lowest BCUT2D eigenvalue weighted by atomic mass is 9.98. The van der Waals surface area contributed by atoms with E-state index in [0.717, 1.165) is 22.3 Å². The first-order chi connectivity index (χ1) is 16.4. The molecule has 34 heavy (non-hydrogen) atoms. The molecule has 0 bridgehead atoms. The molecule has 1 fully saturated rings. The second kappa shape index (κ2) is 10.5. The zero-order valence-corrected chi connectivity index (χ0v) is 20.2. The van der Waals surface area contributed by atoms with Gasteiger partial charge in [0.1, 0.15) is 12.6 Å². The number of carbonyl (C=O) groups is 3. The molecule has 1 saturated heterocycles. The summed E-state index contributed by atoms with van der Waals surface area (Å²) in [7, 11) is 0. The highest BCUT2D eigenvalue weighted by Gasteiger charge is 2.39. The topological polar surface area (TPSA) is 95.9 Å². The molecule has 2 aromatic carbocycles. The molecule has 1 aliphatic heterocycles. The molecule has 0 radical (unpaired) electrons. The van der Waals surface area contributed by atoms with Gasteiger partial charge in [0.2, 0.25) is 5.91 Å². The van der Waals surface area contributed by atoms with Crippen molar-refractivity contribution in [1.82, 2.24) is 10.2 Å². The molecular weight excluding hydrogens is 452 g/mol. The molecule has 0 spiro atoms. The van der Waals surface area contributed by atoms with Crippen LogP contribution in [0.4, 0.5) is 4.79 Å². The first kappa shape index (κ1) is 24.1. The Morgan fingerprint density at radius 3 is 2.26 bits per heavy atom. The number of thioether (sulfide) groups is 1. The minimum absolute atomic E-state index is 0.0609. The molecule has 8 heteroatoms. The molecule has 2 N–H and O–H groups in total. The Morgan fingerprint density at radius 1 is 1.09 bits per heavy atom. The molecule has 7 nitrogen and oxygen atoms in total. The summed E-state index contributed by atoms with van der Waals surface area (Å²) >= 11 is 1.58. The molecule has 1 heterocycles. The highest BCUT2D eigenvalue weighted by atomic mass is 32.2. The molecule has 4 rings (SSSR count). The van der Waals surface area contributed by atoms with E-state index in [4.69, 9.17) is 4.74 Å². The number of hydrogen-bond acceptors (Lipinski definition) is 5. The average Bonchev–Trinajstić information content (AvgIpc) is 3.38. The maximum absolute atomic E-state index is 13.1. The summed E-state index contributed by atoms with van der Waals surface area (Å²) in [6.45, 7) is 2.54. The number of alkyl carbamates (subject to hydrolysis) is 1. The van der Waals surface area contributed by atoms with Crippen LogP contribution in [0.2, 0.25) is 0 Å². The minimum Gasteiger partial charge on any atom is -0.481 e. The molecule has 1 aliphatic carbocycles. The van der Waals surface area contributed by atoms with Crippen LogP contribution in [0.15, 0.2) is 48.5 Å². The summed E-state index contributed by atoms with van der Waals surface area (Å²) in [5, 5.41) is 12.1. The number of carboxylic acid groups (broad SMARTS) is 1. The maximum Gasteiger partial charge on any atom is 0.407 e. The van der Waals surface area contributed by atoms with Crippen LogP contribution in [-0.4, -0.2) is 65.7 Å². The van der Waals surface area contributed by atoms with Crippen molar-refractivity contribution in [1.29, 1.82) is 0 Å². The van der Waals surface area contributed by atoms with Crippen molar-refractivity contribution in [3.8, 4) is 11.1 Å². The van der Waals surface area contributed by atoms with Gasteiger partial charge >= 0.3 is 12.1 Å². The van der Waals surface area contributed by atoms with Crippen molar-refractivity contribution < 1.29 is 24.2 Å². The van der Waals surface area contributed by atoms with E-state index in [-0.39, 0.29) is 30.9 Å². The molecule has 1 unspecified atom stereocenters. The van der Waals surface area contributed by atoms with Crippen LogP contribution in [0.25, 0.3) is 11.1 Å². The van der Waals surface area contributed by atoms with E-state index >= 15 is 0 Å². The van der Waals surface area contributed by atoms with E-state index in [0.29, 0.717) is 18.7 Å². The normalized spacial score (nSPS) is 19.9. The number of rotatable bonds is 8. The first-order valence-corrected chi connectivity index (χ1v) is 12.9. The number of likely N-dealkylation sites (tertiary alicyclic amines) is 1. The van der Waals surface area contributed by atoms with Crippen LogP contribution in [0, 0.1) is 11.8 Å². The van der Waals surface area contributed by atoms with Gasteiger partial charge in [-0.1, -0.05) is 55.5 Å². The molecule has 0 aromatic heterocycles. The van der Waals surface area contributed by atoms with Crippen molar-refractivity contribution >= 4 is 29.7 Å². The third-order valence-corrected chi connectivity index (χ3v) is 7.43. The van der Waals surface area contributed by atoms with Gasteiger partial charge in [-0.15, -0.1) is 0 Å². The van der Waals surface area contributed by atoms with Crippen molar-refractivity contribution in [3.05, 3.63) is 59.7 Å². The van der Waals surface area contributed by atoms with Crippen molar-refractivity contribution in [3.63, 3.8) is 0 Å². The first-order valence-electron chi connectivity index (χ1n) is 11.5. The number of carboxylic acids is 1. The Labute approximate surface area is 203 Å². The third-order valence-electron chi connectivity index (χ3n) is 6.79. The van der Waals surface area contributed by atoms with E-state index in [9.17, 15) is 19.5 Å². The number of hydrogen-bond donors (Lipinski definition) is 2. The Hall–Kier alpha value is -3.00. The lowest BCUT2D eigenvalue weighted by molar-refractivity contribution is -0.142. The summed E-state index contributed by atoms with van der Waals surface area (Å²) < 4.78 is 5.62. The summed E-state index contributed by atoms with van der Waals surface area (Å²) in [5.74, 6) is -1.23. The molecular formula is C26H30N2O5S. The lowest BCUT2D eigenvalue weighted by Crippen LogP contribution is -2.48. The van der Waals surface area contributed by atoms with Gasteiger partial charge in [0.15, 0.2) is 0 Å². The monoisotopic (exact) mass is 482 g/mol. The molecule has 2 amide bonds. The maximum atomic E-state index is 13.1. The summed E-state index contributed by atoms with van der Waals surface area (Å²) in [4.78, 5) is 38.9. The minimum atomic E-state index is -0.895. The van der Waals surface area contributed by atoms with E-state index < -0.39 is 24.0 Å². The zero-order chi connectivity index (χ0) is 24.2. The summed E-state index contributed by atoms with van der Waals surface area (Å²) in [5.41, 5.74) is 4.54. The third kappa shape index (κ3) is 4.92. The smallest absolute Gasteiger partial charge is 0.407 e. The van der Waals surface area contributed by atoms with Gasteiger partial charge in [-0.3, -0.25) is 9.59 Å². The standard InChI is InChI=1S/C26H30N2O5S/c1-16-13-28(14-21(16)25(30)31)24(29)23(11-12-34-2)27-26(32)33-15-22-19-9-5-3-7-17(19)18-8-4-6-10-20(18)22/h3-10,16,21-23H,11-15H2,1-2H3,(H,27,32)(H,30,31)/t16-,21-,23?/m0/s1. The second-order valence-corrected chi connectivity index (χ2v) is 9.95. The molecule has 2 aliphatic rings. The average molecular weight is 483 g/mol. The second-order valence-electron chi connectivity index (χ2n) is 8.97. The number of ether oxygens (including phenoxy) is 1. The Bertz CT molecular complexity index is 1030. The van der Waals surface area contributed by atoms with Crippen molar-refractivity contribution in [2.75, 3.05) is 31.7 Å². The predicted molar refractivity (Wildman–Crippen MR) is 132 cm³/mol. The van der Waals surface area contributed by atoms with Crippen LogP contribution in [0.1, 0.15) is 30.4 Å². The molecule has 180 valence electrons. The van der Waals surface area contributed by atoms with Gasteiger partial charge in [0.25, 0.3) is 0 Å². The quantitative estimate of drug-likeness (QED) is 0.594. The zero-order valence-electron chi connectivity index (χ0n) is 19.4. The fourth-order valence-electron chi connectivity index (χ4n) is 4.96. The number of nitrogens with one attached hydrogen (secondary N) is 1. The molecule has 3 atom stereocenters. The van der Waals surface area contributed by atoms with Crippen LogP contribution in [0.5, 0.6) is 0 Å². The number of nitrogens with zero attached hydrogens (tertiary/aromatic N) is 1. The van der Waals surface area contributed by atoms with Crippen molar-refractivity contribution in [2.45, 2.75) is 25.3 Å². The van der Waals surface area contributed by atoms with E-state index in [1.807, 2.05) is 37.4 Å². The van der Waals surface area contributed by atoms with Gasteiger partial charge in [0.05, 0.1) is 5.92 Å². The SMILES string of the molecule is CSCCC(NC(=O)OCC1c2ccccc2-c2ccccc21)C(=O)N1C[C@H](C(=O)O)[C@@H](C)C1. The number of carbonyl (C=O) groups excluding carboxylic acids is 2. The summed E-state index contributed by atoms with van der Waals surface area (Å²) in [6.07, 6.45) is 1.75. The number of aliphatic carboxylic acids is 1. The number of amides is 2. The van der Waals surface area contributed by atoms with E-state index in [2.05, 4.69) is 29.6 Å². The predicted octanol–water partition coefficient (Wildman–Crippen LogP) is 3.83. The van der Waals surface area contributed by atoms with Crippen LogP contribution < -0.4 is 5.32 Å². The highest BCUT2D eigenvalue weighted by Crippen LogP contribution is 2.44. The van der Waals surface area contributed by atoms with Crippen molar-refractivity contribution in [2.24, 2.45) is 11.8 Å². The van der Waals surface area contributed by atoms with E-state index in [1.165, 1.54) is 0 Å². The fraction of sp³-hybridized carbons (Fsp3) is 0.423. The van der Waals surface area contributed by atoms with Gasteiger partial charge in [-0.05, 0) is 46.6 Å². The van der Waals surface area contributed by atoms with Crippen LogP contribution in [0.3, 0.4) is 0 Å². The Kier molecular flexibility index (Phi) is 7.46. The highest BCUT2D eigenvalue weighted by molar-refractivity contribution is 7.98. The van der Waals surface area contributed by atoms with Gasteiger partial charge in [-0.25, -0.2) is 4.79 Å². The largest absolute Gasteiger partial charge is 0.481 e.